The number of halogens is 1. The molecule has 0 radical (unpaired) electrons. The van der Waals surface area contributed by atoms with Crippen molar-refractivity contribution < 1.29 is 13.9 Å². The second kappa shape index (κ2) is 12.5. The highest BCUT2D eigenvalue weighted by Gasteiger charge is 2.16. The highest BCUT2D eigenvalue weighted by molar-refractivity contribution is 5.67. The molecule has 0 bridgehead atoms. The van der Waals surface area contributed by atoms with E-state index in [1.165, 1.54) is 12.1 Å². The molecule has 2 aromatic heterocycles. The van der Waals surface area contributed by atoms with Crippen LogP contribution < -0.4 is 15.5 Å². The lowest BCUT2D eigenvalue weighted by Crippen LogP contribution is -2.32. The maximum atomic E-state index is 13.3. The molecule has 1 amide bonds. The molecule has 0 fully saturated rings. The van der Waals surface area contributed by atoms with Gasteiger partial charge in [0.25, 0.3) is 0 Å². The lowest BCUT2D eigenvalue weighted by Gasteiger charge is -2.20. The summed E-state index contributed by atoms with van der Waals surface area (Å²) in [6.07, 6.45) is 3.65. The number of hydrogen-bond donors (Lipinski definition) is 2. The molecule has 0 spiro atoms. The fourth-order valence-electron chi connectivity index (χ4n) is 3.98. The van der Waals surface area contributed by atoms with Crippen molar-refractivity contribution in [3.05, 3.63) is 90.0 Å². The first-order chi connectivity index (χ1) is 19.1. The van der Waals surface area contributed by atoms with Crippen LogP contribution in [0.3, 0.4) is 0 Å². The number of rotatable bonds is 9. The van der Waals surface area contributed by atoms with E-state index >= 15 is 0 Å². The summed E-state index contributed by atoms with van der Waals surface area (Å²) in [6, 6.07) is 17.8. The van der Waals surface area contributed by atoms with Crippen LogP contribution in [0.4, 0.5) is 26.8 Å². The SMILES string of the molecule is CC(Cc1cccc(CNC(=O)OC(C)(C)C)c1)Nc1nccc(N(C)c2ccnc(-c3ccc(F)cc3)n2)n1. The van der Waals surface area contributed by atoms with Crippen molar-refractivity contribution in [3.8, 4) is 11.4 Å². The summed E-state index contributed by atoms with van der Waals surface area (Å²) < 4.78 is 18.6. The predicted octanol–water partition coefficient (Wildman–Crippen LogP) is 5.91. The molecule has 40 heavy (non-hydrogen) atoms. The van der Waals surface area contributed by atoms with Gasteiger partial charge in [-0.1, -0.05) is 24.3 Å². The van der Waals surface area contributed by atoms with Crippen LogP contribution in [0.1, 0.15) is 38.8 Å². The normalized spacial score (nSPS) is 11.9. The Balaban J connectivity index is 1.38. The third-order valence-electron chi connectivity index (χ3n) is 5.82. The van der Waals surface area contributed by atoms with Gasteiger partial charge in [0.1, 0.15) is 23.1 Å². The van der Waals surface area contributed by atoms with Crippen LogP contribution in [-0.2, 0) is 17.7 Å². The monoisotopic (exact) mass is 543 g/mol. The molecule has 0 saturated carbocycles. The first-order valence-corrected chi connectivity index (χ1v) is 13.0. The topological polar surface area (TPSA) is 105 Å². The molecule has 2 N–H and O–H groups in total. The Morgan fingerprint density at radius 2 is 1.65 bits per heavy atom. The average Bonchev–Trinajstić information content (AvgIpc) is 2.91. The van der Waals surface area contributed by atoms with Crippen LogP contribution in [0.25, 0.3) is 11.4 Å². The first-order valence-electron chi connectivity index (χ1n) is 13.0. The average molecular weight is 544 g/mol. The van der Waals surface area contributed by atoms with E-state index in [0.717, 1.165) is 23.1 Å². The second-order valence-electron chi connectivity index (χ2n) is 10.5. The molecule has 4 rings (SSSR count). The fourth-order valence-corrected chi connectivity index (χ4v) is 3.98. The van der Waals surface area contributed by atoms with E-state index in [1.807, 2.05) is 50.9 Å². The number of carbonyl (C=O) groups excluding carboxylic acids is 1. The maximum Gasteiger partial charge on any atom is 0.407 e. The second-order valence-corrected chi connectivity index (χ2v) is 10.5. The zero-order chi connectivity index (χ0) is 28.7. The summed E-state index contributed by atoms with van der Waals surface area (Å²) in [5.41, 5.74) is 2.29. The molecule has 0 saturated heterocycles. The van der Waals surface area contributed by atoms with Crippen LogP contribution in [0.5, 0.6) is 0 Å². The lowest BCUT2D eigenvalue weighted by molar-refractivity contribution is 0.0523. The van der Waals surface area contributed by atoms with Gasteiger partial charge in [0.15, 0.2) is 5.82 Å². The zero-order valence-electron chi connectivity index (χ0n) is 23.4. The number of nitrogens with zero attached hydrogens (tertiary/aromatic N) is 5. The Hall–Kier alpha value is -4.60. The standard InChI is InChI=1S/C30H34FN7O2/c1-20(17-21-7-6-8-22(18-21)19-34-29(39)40-30(2,3)4)35-28-33-16-14-26(37-28)38(5)25-13-15-32-27(36-25)23-9-11-24(31)12-10-23/h6-16,18,20H,17,19H2,1-5H3,(H,34,39)(H,33,35,37). The quantitative estimate of drug-likeness (QED) is 0.269. The summed E-state index contributed by atoms with van der Waals surface area (Å²) in [5.74, 6) is 1.98. The molecule has 4 aromatic rings. The van der Waals surface area contributed by atoms with Crippen molar-refractivity contribution in [1.29, 1.82) is 0 Å². The van der Waals surface area contributed by atoms with Crippen LogP contribution in [-0.4, -0.2) is 44.7 Å². The van der Waals surface area contributed by atoms with Crippen LogP contribution >= 0.6 is 0 Å². The highest BCUT2D eigenvalue weighted by atomic mass is 19.1. The number of aromatic nitrogens is 4. The molecule has 208 valence electrons. The fraction of sp³-hybridized carbons (Fsp3) is 0.300. The molecule has 0 aliphatic carbocycles. The predicted molar refractivity (Wildman–Crippen MR) is 154 cm³/mol. The van der Waals surface area contributed by atoms with E-state index in [0.29, 0.717) is 30.0 Å². The van der Waals surface area contributed by atoms with Crippen molar-refractivity contribution in [2.75, 3.05) is 17.3 Å². The highest BCUT2D eigenvalue weighted by Crippen LogP contribution is 2.23. The number of carbonyl (C=O) groups is 1. The Labute approximate surface area is 233 Å². The summed E-state index contributed by atoms with van der Waals surface area (Å²) in [7, 11) is 1.86. The largest absolute Gasteiger partial charge is 0.444 e. The first kappa shape index (κ1) is 28.4. The van der Waals surface area contributed by atoms with Gasteiger partial charge in [-0.15, -0.1) is 0 Å². The zero-order valence-corrected chi connectivity index (χ0v) is 23.4. The minimum atomic E-state index is -0.539. The number of alkyl carbamates (subject to hydrolysis) is 1. The van der Waals surface area contributed by atoms with Crippen LogP contribution in [0.2, 0.25) is 0 Å². The third kappa shape index (κ3) is 8.20. The molecular formula is C30H34FN7O2. The third-order valence-corrected chi connectivity index (χ3v) is 5.82. The Morgan fingerprint density at radius 1 is 0.975 bits per heavy atom. The molecule has 0 aliphatic rings. The van der Waals surface area contributed by atoms with E-state index in [1.54, 1.807) is 36.7 Å². The van der Waals surface area contributed by atoms with Gasteiger partial charge in [-0.05, 0) is 81.6 Å². The summed E-state index contributed by atoms with van der Waals surface area (Å²) in [6.45, 7) is 7.95. The van der Waals surface area contributed by atoms with Crippen LogP contribution in [0, 0.1) is 5.82 Å². The van der Waals surface area contributed by atoms with Crippen molar-refractivity contribution in [2.45, 2.75) is 52.3 Å². The van der Waals surface area contributed by atoms with Crippen molar-refractivity contribution in [3.63, 3.8) is 0 Å². The number of benzene rings is 2. The van der Waals surface area contributed by atoms with Crippen molar-refractivity contribution in [1.82, 2.24) is 25.3 Å². The van der Waals surface area contributed by atoms with Crippen molar-refractivity contribution in [2.24, 2.45) is 0 Å². The van der Waals surface area contributed by atoms with Gasteiger partial charge in [0.2, 0.25) is 5.95 Å². The Morgan fingerprint density at radius 3 is 2.38 bits per heavy atom. The van der Waals surface area contributed by atoms with Gasteiger partial charge in [-0.25, -0.2) is 24.1 Å². The van der Waals surface area contributed by atoms with Crippen molar-refractivity contribution >= 4 is 23.7 Å². The molecule has 1 unspecified atom stereocenters. The van der Waals surface area contributed by atoms with E-state index in [-0.39, 0.29) is 11.9 Å². The number of nitrogens with one attached hydrogen (secondary N) is 2. The van der Waals surface area contributed by atoms with Gasteiger partial charge >= 0.3 is 6.09 Å². The van der Waals surface area contributed by atoms with E-state index in [2.05, 4.69) is 43.6 Å². The molecule has 0 aliphatic heterocycles. The van der Waals surface area contributed by atoms with Gasteiger partial charge in [-0.2, -0.15) is 4.98 Å². The minimum absolute atomic E-state index is 0.0405. The molecule has 2 heterocycles. The van der Waals surface area contributed by atoms with E-state index in [9.17, 15) is 9.18 Å². The summed E-state index contributed by atoms with van der Waals surface area (Å²) >= 11 is 0. The Bertz CT molecular complexity index is 1440. The minimum Gasteiger partial charge on any atom is -0.444 e. The van der Waals surface area contributed by atoms with E-state index in [4.69, 9.17) is 4.74 Å². The van der Waals surface area contributed by atoms with Crippen LogP contribution in [0.15, 0.2) is 73.1 Å². The van der Waals surface area contributed by atoms with Gasteiger partial charge < -0.3 is 20.3 Å². The van der Waals surface area contributed by atoms with Gasteiger partial charge in [-0.3, -0.25) is 0 Å². The van der Waals surface area contributed by atoms with Gasteiger partial charge in [0.05, 0.1) is 0 Å². The molecular weight excluding hydrogens is 509 g/mol. The molecule has 1 atom stereocenters. The van der Waals surface area contributed by atoms with Gasteiger partial charge in [0, 0.05) is 37.6 Å². The number of ether oxygens (including phenoxy) is 1. The summed E-state index contributed by atoms with van der Waals surface area (Å²) in [4.78, 5) is 31.8. The lowest BCUT2D eigenvalue weighted by atomic mass is 10.0. The summed E-state index contributed by atoms with van der Waals surface area (Å²) in [5, 5.41) is 6.16. The smallest absolute Gasteiger partial charge is 0.407 e. The molecule has 10 heteroatoms. The number of amides is 1. The number of hydrogen-bond acceptors (Lipinski definition) is 8. The maximum absolute atomic E-state index is 13.3. The number of anilines is 3. The van der Waals surface area contributed by atoms with E-state index < -0.39 is 11.7 Å². The molecule has 2 aromatic carbocycles. The Kier molecular flexibility index (Phi) is 8.88. The molecule has 9 nitrogen and oxygen atoms in total.